The molecule has 0 aromatic heterocycles. The van der Waals surface area contributed by atoms with E-state index in [2.05, 4.69) is 21.1 Å². The molecular formula is C8H7BrN2. The number of hydrogen-bond donors (Lipinski definition) is 0. The second-order valence-electron chi connectivity index (χ2n) is 2.39. The average molecular weight is 211 g/mol. The molecule has 0 aliphatic carbocycles. The molecule has 0 amide bonds. The second kappa shape index (κ2) is 2.66. The molecule has 0 saturated heterocycles. The van der Waals surface area contributed by atoms with Gasteiger partial charge in [0.25, 0.3) is 0 Å². The average Bonchev–Trinajstić information content (AvgIpc) is 2.04. The number of hydrogen-bond acceptors (Lipinski definition) is 2. The number of para-hydroxylation sites is 1. The zero-order chi connectivity index (χ0) is 7.68. The van der Waals surface area contributed by atoms with Crippen LogP contribution in [0, 0.1) is 0 Å². The number of fused-ring (bicyclic) bond motifs is 1. The molecule has 1 aliphatic heterocycles. The van der Waals surface area contributed by atoms with Crippen molar-refractivity contribution in [2.24, 2.45) is 4.99 Å². The first-order valence-electron chi connectivity index (χ1n) is 3.40. The molecule has 0 spiro atoms. The molecule has 2 rings (SSSR count). The third-order valence-electron chi connectivity index (χ3n) is 1.59. The SMILES string of the molecule is BrN1C=c2ccccc2=NC1. The maximum absolute atomic E-state index is 4.32. The van der Waals surface area contributed by atoms with Crippen LogP contribution in [0.3, 0.4) is 0 Å². The maximum Gasteiger partial charge on any atom is 0.120 e. The summed E-state index contributed by atoms with van der Waals surface area (Å²) in [7, 11) is 0. The summed E-state index contributed by atoms with van der Waals surface area (Å²) >= 11 is 3.34. The summed E-state index contributed by atoms with van der Waals surface area (Å²) in [6, 6.07) is 8.08. The first kappa shape index (κ1) is 6.85. The minimum Gasteiger partial charge on any atom is -0.294 e. The van der Waals surface area contributed by atoms with E-state index < -0.39 is 0 Å². The number of halogens is 1. The van der Waals surface area contributed by atoms with Crippen LogP contribution in [0.1, 0.15) is 0 Å². The van der Waals surface area contributed by atoms with Gasteiger partial charge in [0, 0.05) is 11.4 Å². The van der Waals surface area contributed by atoms with Crippen LogP contribution in [0.15, 0.2) is 29.3 Å². The van der Waals surface area contributed by atoms with Crippen molar-refractivity contribution < 1.29 is 0 Å². The first-order chi connectivity index (χ1) is 5.36. The molecule has 0 fully saturated rings. The lowest BCUT2D eigenvalue weighted by Gasteiger charge is -2.10. The number of benzene rings is 1. The van der Waals surface area contributed by atoms with E-state index in [1.165, 1.54) is 0 Å². The molecule has 1 aliphatic rings. The molecule has 1 aromatic rings. The third-order valence-corrected chi connectivity index (χ3v) is 2.02. The Morgan fingerprint density at radius 1 is 1.36 bits per heavy atom. The van der Waals surface area contributed by atoms with E-state index in [0.29, 0.717) is 6.67 Å². The van der Waals surface area contributed by atoms with Crippen LogP contribution in [-0.4, -0.2) is 10.6 Å². The van der Waals surface area contributed by atoms with Gasteiger partial charge in [-0.2, -0.15) is 0 Å². The van der Waals surface area contributed by atoms with Crippen molar-refractivity contribution in [1.82, 2.24) is 3.93 Å². The summed E-state index contributed by atoms with van der Waals surface area (Å²) in [6.45, 7) is 0.691. The van der Waals surface area contributed by atoms with Crippen LogP contribution in [0.4, 0.5) is 0 Å². The summed E-state index contributed by atoms with van der Waals surface area (Å²) in [5, 5.41) is 2.24. The van der Waals surface area contributed by atoms with Gasteiger partial charge in [-0.05, 0) is 6.07 Å². The molecule has 56 valence electrons. The van der Waals surface area contributed by atoms with Gasteiger partial charge in [-0.25, -0.2) is 0 Å². The van der Waals surface area contributed by atoms with E-state index in [-0.39, 0.29) is 0 Å². The van der Waals surface area contributed by atoms with E-state index in [4.69, 9.17) is 0 Å². The lowest BCUT2D eigenvalue weighted by Crippen LogP contribution is -2.31. The molecule has 0 N–H and O–H groups in total. The summed E-state index contributed by atoms with van der Waals surface area (Å²) in [6.07, 6.45) is 2.03. The van der Waals surface area contributed by atoms with Gasteiger partial charge in [-0.15, -0.1) is 0 Å². The summed E-state index contributed by atoms with van der Waals surface area (Å²) in [4.78, 5) is 4.32. The van der Waals surface area contributed by atoms with Crippen LogP contribution in [-0.2, 0) is 0 Å². The van der Waals surface area contributed by atoms with Gasteiger partial charge in [-0.3, -0.25) is 8.92 Å². The van der Waals surface area contributed by atoms with Gasteiger partial charge in [-0.1, -0.05) is 18.2 Å². The van der Waals surface area contributed by atoms with Crippen LogP contribution in [0.2, 0.25) is 0 Å². The highest BCUT2D eigenvalue weighted by Crippen LogP contribution is 1.98. The second-order valence-corrected chi connectivity index (χ2v) is 3.30. The van der Waals surface area contributed by atoms with Crippen molar-refractivity contribution in [3.05, 3.63) is 34.8 Å². The van der Waals surface area contributed by atoms with Crippen molar-refractivity contribution in [3.63, 3.8) is 0 Å². The quantitative estimate of drug-likeness (QED) is 0.574. The topological polar surface area (TPSA) is 15.6 Å². The smallest absolute Gasteiger partial charge is 0.120 e. The van der Waals surface area contributed by atoms with Crippen LogP contribution < -0.4 is 10.6 Å². The molecule has 1 aromatic carbocycles. The van der Waals surface area contributed by atoms with Gasteiger partial charge in [0.1, 0.15) is 6.67 Å². The van der Waals surface area contributed by atoms with Crippen molar-refractivity contribution in [1.29, 1.82) is 0 Å². The van der Waals surface area contributed by atoms with Gasteiger partial charge in [0.2, 0.25) is 0 Å². The normalized spacial score (nSPS) is 14.8. The molecule has 3 heteroatoms. The molecule has 1 heterocycles. The maximum atomic E-state index is 4.32. The van der Waals surface area contributed by atoms with Crippen molar-refractivity contribution >= 4 is 22.3 Å². The van der Waals surface area contributed by atoms with E-state index in [0.717, 1.165) is 10.6 Å². The van der Waals surface area contributed by atoms with Crippen molar-refractivity contribution in [3.8, 4) is 0 Å². The predicted octanol–water partition coefficient (Wildman–Crippen LogP) is 0.627. The summed E-state index contributed by atoms with van der Waals surface area (Å²) in [5.41, 5.74) is 0. The van der Waals surface area contributed by atoms with Crippen LogP contribution in [0.25, 0.3) is 6.20 Å². The molecule has 0 bridgehead atoms. The lowest BCUT2D eigenvalue weighted by atomic mass is 10.3. The van der Waals surface area contributed by atoms with E-state index in [1.807, 2.05) is 34.4 Å². The Morgan fingerprint density at radius 2 is 2.18 bits per heavy atom. The predicted molar refractivity (Wildman–Crippen MR) is 47.3 cm³/mol. The van der Waals surface area contributed by atoms with Gasteiger partial charge in [0.05, 0.1) is 21.5 Å². The van der Waals surface area contributed by atoms with E-state index >= 15 is 0 Å². The Hall–Kier alpha value is -0.830. The molecule has 0 radical (unpaired) electrons. The Bertz CT molecular complexity index is 372. The summed E-state index contributed by atoms with van der Waals surface area (Å²) < 4.78 is 1.88. The van der Waals surface area contributed by atoms with Crippen molar-refractivity contribution in [2.45, 2.75) is 0 Å². The molecule has 2 nitrogen and oxygen atoms in total. The Balaban J connectivity index is 2.73. The fourth-order valence-electron chi connectivity index (χ4n) is 1.08. The van der Waals surface area contributed by atoms with E-state index in [1.54, 1.807) is 0 Å². The van der Waals surface area contributed by atoms with E-state index in [9.17, 15) is 0 Å². The minimum absolute atomic E-state index is 0.691. The fourth-order valence-corrected chi connectivity index (χ4v) is 1.41. The van der Waals surface area contributed by atoms with Crippen LogP contribution in [0.5, 0.6) is 0 Å². The van der Waals surface area contributed by atoms with Crippen molar-refractivity contribution in [2.75, 3.05) is 6.67 Å². The highest BCUT2D eigenvalue weighted by atomic mass is 79.9. The third kappa shape index (κ3) is 1.28. The Kier molecular flexibility index (Phi) is 1.66. The number of rotatable bonds is 0. The largest absolute Gasteiger partial charge is 0.294 e. The minimum atomic E-state index is 0.691. The molecule has 0 unspecified atom stereocenters. The lowest BCUT2D eigenvalue weighted by molar-refractivity contribution is 0.677. The van der Waals surface area contributed by atoms with Gasteiger partial charge in [0.15, 0.2) is 0 Å². The standard InChI is InChI=1S/C8H7BrN2/c9-11-5-7-3-1-2-4-8(7)10-6-11/h1-5H,6H2. The highest BCUT2D eigenvalue weighted by Gasteiger charge is 1.96. The van der Waals surface area contributed by atoms with Gasteiger partial charge < -0.3 is 0 Å². The van der Waals surface area contributed by atoms with Crippen LogP contribution >= 0.6 is 16.1 Å². The Morgan fingerprint density at radius 3 is 3.09 bits per heavy atom. The van der Waals surface area contributed by atoms with Gasteiger partial charge >= 0.3 is 0 Å². The molecule has 11 heavy (non-hydrogen) atoms. The zero-order valence-corrected chi connectivity index (χ0v) is 7.45. The fraction of sp³-hybridized carbons (Fsp3) is 0.125. The first-order valence-corrected chi connectivity index (χ1v) is 4.11. The molecule has 0 saturated carbocycles. The number of nitrogens with zero attached hydrogens (tertiary/aromatic N) is 2. The Labute approximate surface area is 73.2 Å². The molecule has 0 atom stereocenters. The summed E-state index contributed by atoms with van der Waals surface area (Å²) in [5.74, 6) is 0. The monoisotopic (exact) mass is 210 g/mol. The zero-order valence-electron chi connectivity index (χ0n) is 5.87. The highest BCUT2D eigenvalue weighted by molar-refractivity contribution is 9.07. The molecular weight excluding hydrogens is 204 g/mol.